The molecular weight excluding hydrogens is 384 g/mol. The normalized spacial score (nSPS) is 11.2. The van der Waals surface area contributed by atoms with E-state index in [4.69, 9.17) is 0 Å². The minimum atomic E-state index is -3.69. The number of nitrogens with zero attached hydrogens (tertiary/aromatic N) is 2. The molecule has 6 heteroatoms. The van der Waals surface area contributed by atoms with Crippen molar-refractivity contribution in [2.24, 2.45) is 0 Å². The van der Waals surface area contributed by atoms with E-state index in [9.17, 15) is 13.2 Å². The summed E-state index contributed by atoms with van der Waals surface area (Å²) in [5.74, 6) is -0.158. The van der Waals surface area contributed by atoms with Gasteiger partial charge in [0.15, 0.2) is 0 Å². The first-order valence-electron chi connectivity index (χ1n) is 9.21. The van der Waals surface area contributed by atoms with Crippen molar-refractivity contribution in [2.75, 3.05) is 23.3 Å². The molecule has 0 unspecified atom stereocenters. The van der Waals surface area contributed by atoms with Crippen molar-refractivity contribution in [3.05, 3.63) is 89.5 Å². The molecule has 0 aromatic heterocycles. The highest BCUT2D eigenvalue weighted by Gasteiger charge is 2.23. The molecule has 0 bridgehead atoms. The van der Waals surface area contributed by atoms with Crippen LogP contribution in [0.1, 0.15) is 21.5 Å². The van der Waals surface area contributed by atoms with Gasteiger partial charge in [-0.25, -0.2) is 8.42 Å². The fourth-order valence-corrected chi connectivity index (χ4v) is 4.36. The zero-order valence-corrected chi connectivity index (χ0v) is 17.8. The number of carbonyl (C=O) groups is 1. The molecule has 0 aliphatic rings. The van der Waals surface area contributed by atoms with Crippen molar-refractivity contribution in [2.45, 2.75) is 18.7 Å². The Morgan fingerprint density at radius 3 is 2.03 bits per heavy atom. The molecule has 150 valence electrons. The Morgan fingerprint density at radius 2 is 1.45 bits per heavy atom. The minimum absolute atomic E-state index is 0.158. The Morgan fingerprint density at radius 1 is 0.828 bits per heavy atom. The van der Waals surface area contributed by atoms with Gasteiger partial charge in [-0.3, -0.25) is 9.10 Å². The van der Waals surface area contributed by atoms with Gasteiger partial charge >= 0.3 is 0 Å². The molecule has 0 radical (unpaired) electrons. The van der Waals surface area contributed by atoms with Crippen molar-refractivity contribution < 1.29 is 13.2 Å². The fourth-order valence-electron chi connectivity index (χ4n) is 3.10. The van der Waals surface area contributed by atoms with E-state index in [-0.39, 0.29) is 10.8 Å². The predicted molar refractivity (Wildman–Crippen MR) is 117 cm³/mol. The first kappa shape index (κ1) is 20.6. The van der Waals surface area contributed by atoms with Gasteiger partial charge in [0.1, 0.15) is 0 Å². The van der Waals surface area contributed by atoms with Gasteiger partial charge in [0.25, 0.3) is 15.9 Å². The van der Waals surface area contributed by atoms with Crippen molar-refractivity contribution in [1.82, 2.24) is 0 Å². The summed E-state index contributed by atoms with van der Waals surface area (Å²) in [6.45, 7) is 3.71. The van der Waals surface area contributed by atoms with Gasteiger partial charge in [-0.1, -0.05) is 35.9 Å². The van der Waals surface area contributed by atoms with Gasteiger partial charge in [-0.2, -0.15) is 0 Å². The summed E-state index contributed by atoms with van der Waals surface area (Å²) in [7, 11) is -0.446. The maximum Gasteiger partial charge on any atom is 0.264 e. The van der Waals surface area contributed by atoms with Crippen LogP contribution < -0.4 is 9.21 Å². The Kier molecular flexibility index (Phi) is 5.75. The number of anilines is 2. The van der Waals surface area contributed by atoms with Crippen LogP contribution in [0.5, 0.6) is 0 Å². The third-order valence-electron chi connectivity index (χ3n) is 4.91. The standard InChI is InChI=1S/C23H24N2O3S/c1-17-10-13-21(14-11-17)29(27,28)25(4)22-15-12-19(16-18(22)2)23(26)24(3)20-8-6-5-7-9-20/h5-16H,1-4H3. The molecule has 0 saturated carbocycles. The summed E-state index contributed by atoms with van der Waals surface area (Å²) in [5, 5.41) is 0. The number of hydrogen-bond donors (Lipinski definition) is 0. The summed E-state index contributed by atoms with van der Waals surface area (Å²) >= 11 is 0. The summed E-state index contributed by atoms with van der Waals surface area (Å²) < 4.78 is 27.2. The second-order valence-corrected chi connectivity index (χ2v) is 8.96. The van der Waals surface area contributed by atoms with Crippen LogP contribution in [0.3, 0.4) is 0 Å². The van der Waals surface area contributed by atoms with E-state index in [0.717, 1.165) is 11.3 Å². The maximum atomic E-state index is 13.0. The molecule has 3 rings (SSSR count). The zero-order valence-electron chi connectivity index (χ0n) is 17.0. The molecule has 0 aliphatic heterocycles. The number of benzene rings is 3. The van der Waals surface area contributed by atoms with Crippen LogP contribution in [-0.4, -0.2) is 28.4 Å². The predicted octanol–water partition coefficient (Wildman–Crippen LogP) is 4.41. The number of carbonyl (C=O) groups excluding carboxylic acids is 1. The Bertz CT molecular complexity index is 1120. The number of sulfonamides is 1. The zero-order chi connectivity index (χ0) is 21.2. The Hall–Kier alpha value is -3.12. The second kappa shape index (κ2) is 8.09. The summed E-state index contributed by atoms with van der Waals surface area (Å²) in [6.07, 6.45) is 0. The van der Waals surface area contributed by atoms with Crippen molar-refractivity contribution in [3.8, 4) is 0 Å². The Labute approximate surface area is 172 Å². The number of aryl methyl sites for hydroxylation is 2. The van der Waals surface area contributed by atoms with Gasteiger partial charge in [-0.05, 0) is 61.9 Å². The third kappa shape index (κ3) is 4.17. The van der Waals surface area contributed by atoms with Crippen LogP contribution in [-0.2, 0) is 10.0 Å². The molecule has 0 N–H and O–H groups in total. The second-order valence-electron chi connectivity index (χ2n) is 6.99. The van der Waals surface area contributed by atoms with Gasteiger partial charge < -0.3 is 4.90 Å². The van der Waals surface area contributed by atoms with Gasteiger partial charge in [0.05, 0.1) is 10.6 Å². The molecule has 0 spiro atoms. The van der Waals surface area contributed by atoms with Crippen LogP contribution in [0, 0.1) is 13.8 Å². The first-order chi connectivity index (χ1) is 13.7. The van der Waals surface area contributed by atoms with Gasteiger partial charge in [-0.15, -0.1) is 0 Å². The molecule has 3 aromatic carbocycles. The number of para-hydroxylation sites is 1. The quantitative estimate of drug-likeness (QED) is 0.629. The van der Waals surface area contributed by atoms with Crippen LogP contribution >= 0.6 is 0 Å². The molecule has 0 saturated heterocycles. The maximum absolute atomic E-state index is 13.0. The monoisotopic (exact) mass is 408 g/mol. The van der Waals surface area contributed by atoms with Crippen LogP contribution in [0.4, 0.5) is 11.4 Å². The topological polar surface area (TPSA) is 57.7 Å². The van der Waals surface area contributed by atoms with E-state index in [2.05, 4.69) is 0 Å². The molecule has 0 heterocycles. The lowest BCUT2D eigenvalue weighted by Gasteiger charge is -2.23. The van der Waals surface area contributed by atoms with E-state index >= 15 is 0 Å². The molecule has 3 aromatic rings. The van der Waals surface area contributed by atoms with Crippen molar-refractivity contribution >= 4 is 27.3 Å². The van der Waals surface area contributed by atoms with Crippen LogP contribution in [0.2, 0.25) is 0 Å². The van der Waals surface area contributed by atoms with E-state index in [0.29, 0.717) is 16.8 Å². The minimum Gasteiger partial charge on any atom is -0.311 e. The number of amides is 1. The average Bonchev–Trinajstić information content (AvgIpc) is 2.73. The highest BCUT2D eigenvalue weighted by atomic mass is 32.2. The van der Waals surface area contributed by atoms with E-state index < -0.39 is 10.0 Å². The number of hydrogen-bond acceptors (Lipinski definition) is 3. The van der Waals surface area contributed by atoms with Gasteiger partial charge in [0.2, 0.25) is 0 Å². The molecule has 29 heavy (non-hydrogen) atoms. The average molecular weight is 409 g/mol. The molecule has 0 atom stereocenters. The number of rotatable bonds is 5. The van der Waals surface area contributed by atoms with Crippen molar-refractivity contribution in [1.29, 1.82) is 0 Å². The lowest BCUT2D eigenvalue weighted by molar-refractivity contribution is 0.0993. The lowest BCUT2D eigenvalue weighted by Crippen LogP contribution is -2.28. The van der Waals surface area contributed by atoms with Crippen molar-refractivity contribution in [3.63, 3.8) is 0 Å². The molecule has 5 nitrogen and oxygen atoms in total. The molecule has 0 aliphatic carbocycles. The Balaban J connectivity index is 1.89. The SMILES string of the molecule is Cc1ccc(S(=O)(=O)N(C)c2ccc(C(=O)N(C)c3ccccc3)cc2C)cc1. The van der Waals surface area contributed by atoms with E-state index in [1.54, 1.807) is 61.3 Å². The third-order valence-corrected chi connectivity index (χ3v) is 6.70. The molecule has 1 amide bonds. The highest BCUT2D eigenvalue weighted by Crippen LogP contribution is 2.27. The summed E-state index contributed by atoms with van der Waals surface area (Å²) in [4.78, 5) is 14.6. The highest BCUT2D eigenvalue weighted by molar-refractivity contribution is 7.92. The first-order valence-corrected chi connectivity index (χ1v) is 10.6. The van der Waals surface area contributed by atoms with Crippen LogP contribution in [0.25, 0.3) is 0 Å². The lowest BCUT2D eigenvalue weighted by atomic mass is 10.1. The summed E-state index contributed by atoms with van der Waals surface area (Å²) in [6, 6.07) is 21.2. The summed E-state index contributed by atoms with van der Waals surface area (Å²) in [5.41, 5.74) is 3.52. The fraction of sp³-hybridized carbons (Fsp3) is 0.174. The van der Waals surface area contributed by atoms with E-state index in [1.807, 2.05) is 37.3 Å². The molecule has 0 fully saturated rings. The molecular formula is C23H24N2O3S. The largest absolute Gasteiger partial charge is 0.311 e. The smallest absolute Gasteiger partial charge is 0.264 e. The van der Waals surface area contributed by atoms with E-state index in [1.165, 1.54) is 11.4 Å². The van der Waals surface area contributed by atoms with Gasteiger partial charge in [0, 0.05) is 25.3 Å². The van der Waals surface area contributed by atoms with Crippen LogP contribution in [0.15, 0.2) is 77.7 Å².